The molecule has 0 spiro atoms. The zero-order valence-electron chi connectivity index (χ0n) is 22.9. The standard InChI is InChI=1S/C32H34N4O4/c1-21-25(19-35(2)34-21)30(31(37)33-23-13-4-3-5-14-23)36(26-16-10-12-22-11-6-7-15-24(22)26)32(38)29-20-39-27-17-8-9-18-28(27)40-29/h6-12,15-19,23,29-30H,3-5,13-14,20H2,1-2H3,(H,33,37)/t29-,30-/m1/s1. The molecule has 2 amide bonds. The van der Waals surface area contributed by atoms with E-state index in [4.69, 9.17) is 9.47 Å². The van der Waals surface area contributed by atoms with E-state index in [1.165, 1.54) is 6.42 Å². The second-order valence-corrected chi connectivity index (χ2v) is 10.7. The van der Waals surface area contributed by atoms with Crippen LogP contribution < -0.4 is 19.7 Å². The van der Waals surface area contributed by atoms with Crippen molar-refractivity contribution >= 4 is 28.3 Å². The Morgan fingerprint density at radius 3 is 2.48 bits per heavy atom. The predicted molar refractivity (Wildman–Crippen MR) is 153 cm³/mol. The summed E-state index contributed by atoms with van der Waals surface area (Å²) in [6.45, 7) is 1.92. The zero-order chi connectivity index (χ0) is 27.6. The van der Waals surface area contributed by atoms with Crippen molar-refractivity contribution in [2.24, 2.45) is 7.05 Å². The molecular weight excluding hydrogens is 504 g/mol. The van der Waals surface area contributed by atoms with Gasteiger partial charge in [0.1, 0.15) is 12.6 Å². The normalized spacial score (nSPS) is 17.8. The highest BCUT2D eigenvalue weighted by molar-refractivity contribution is 6.09. The molecule has 1 aliphatic heterocycles. The van der Waals surface area contributed by atoms with Crippen LogP contribution in [0.25, 0.3) is 10.8 Å². The summed E-state index contributed by atoms with van der Waals surface area (Å²) in [5.74, 6) is 0.531. The molecule has 2 atom stereocenters. The maximum atomic E-state index is 14.6. The molecule has 6 rings (SSSR count). The summed E-state index contributed by atoms with van der Waals surface area (Å²) in [6, 6.07) is 20.1. The summed E-state index contributed by atoms with van der Waals surface area (Å²) in [6.07, 6.45) is 6.11. The van der Waals surface area contributed by atoms with Crippen molar-refractivity contribution in [2.45, 2.75) is 57.2 Å². The Bertz CT molecular complexity index is 1540. The average Bonchev–Trinajstić information content (AvgIpc) is 3.32. The monoisotopic (exact) mass is 538 g/mol. The van der Waals surface area contributed by atoms with Crippen LogP contribution in [0, 0.1) is 6.92 Å². The molecular formula is C32H34N4O4. The minimum absolute atomic E-state index is 0.0418. The van der Waals surface area contributed by atoms with Crippen molar-refractivity contribution < 1.29 is 19.1 Å². The van der Waals surface area contributed by atoms with Gasteiger partial charge in [-0.05, 0) is 43.4 Å². The van der Waals surface area contributed by atoms with Crippen LogP contribution in [0.3, 0.4) is 0 Å². The molecule has 0 bridgehead atoms. The fourth-order valence-electron chi connectivity index (χ4n) is 5.91. The van der Waals surface area contributed by atoms with Crippen molar-refractivity contribution in [1.82, 2.24) is 15.1 Å². The second kappa shape index (κ2) is 11.0. The SMILES string of the molecule is Cc1nn(C)cc1[C@H](C(=O)NC1CCCCC1)N(C(=O)[C@H]1COc2ccccc2O1)c1cccc2ccccc12. The van der Waals surface area contributed by atoms with Crippen molar-refractivity contribution in [3.8, 4) is 11.5 Å². The number of carbonyl (C=O) groups excluding carboxylic acids is 2. The Kier molecular flexibility index (Phi) is 7.15. The van der Waals surface area contributed by atoms with E-state index in [-0.39, 0.29) is 24.5 Å². The van der Waals surface area contributed by atoms with Gasteiger partial charge in [-0.3, -0.25) is 19.2 Å². The summed E-state index contributed by atoms with van der Waals surface area (Å²) < 4.78 is 13.8. The number of nitrogens with one attached hydrogen (secondary N) is 1. The van der Waals surface area contributed by atoms with Crippen molar-refractivity contribution in [1.29, 1.82) is 0 Å². The lowest BCUT2D eigenvalue weighted by Crippen LogP contribution is -2.52. The first-order valence-electron chi connectivity index (χ1n) is 14.0. The number of amides is 2. The van der Waals surface area contributed by atoms with Crippen LogP contribution in [-0.4, -0.2) is 40.3 Å². The van der Waals surface area contributed by atoms with Crippen LogP contribution in [0.4, 0.5) is 5.69 Å². The average molecular weight is 539 g/mol. The molecule has 4 aromatic rings. The Hall–Kier alpha value is -4.33. The van der Waals surface area contributed by atoms with E-state index in [1.807, 2.05) is 80.8 Å². The number of hydrogen-bond acceptors (Lipinski definition) is 5. The Morgan fingerprint density at radius 1 is 0.975 bits per heavy atom. The lowest BCUT2D eigenvalue weighted by Gasteiger charge is -2.36. The maximum Gasteiger partial charge on any atom is 0.272 e. The zero-order valence-corrected chi connectivity index (χ0v) is 22.9. The van der Waals surface area contributed by atoms with Gasteiger partial charge in [0.2, 0.25) is 12.0 Å². The lowest BCUT2D eigenvalue weighted by molar-refractivity contribution is -0.132. The van der Waals surface area contributed by atoms with Crippen LogP contribution in [-0.2, 0) is 16.6 Å². The van der Waals surface area contributed by atoms with E-state index < -0.39 is 12.1 Å². The number of benzene rings is 3. The highest BCUT2D eigenvalue weighted by atomic mass is 16.6. The van der Waals surface area contributed by atoms with Gasteiger partial charge in [-0.15, -0.1) is 0 Å². The lowest BCUT2D eigenvalue weighted by atomic mass is 9.94. The van der Waals surface area contributed by atoms with Gasteiger partial charge in [0.05, 0.1) is 11.4 Å². The van der Waals surface area contributed by atoms with Gasteiger partial charge < -0.3 is 14.8 Å². The summed E-state index contributed by atoms with van der Waals surface area (Å²) in [4.78, 5) is 30.5. The third-order valence-corrected chi connectivity index (χ3v) is 7.85. The van der Waals surface area contributed by atoms with E-state index in [0.717, 1.165) is 36.5 Å². The van der Waals surface area contributed by atoms with Gasteiger partial charge in [-0.1, -0.05) is 67.8 Å². The predicted octanol–water partition coefficient (Wildman–Crippen LogP) is 5.24. The number of hydrogen-bond donors (Lipinski definition) is 1. The summed E-state index contributed by atoms with van der Waals surface area (Å²) in [5, 5.41) is 9.67. The number of aromatic nitrogens is 2. The molecule has 1 N–H and O–H groups in total. The molecule has 3 aromatic carbocycles. The van der Waals surface area contributed by atoms with Crippen molar-refractivity contribution in [3.05, 3.63) is 84.2 Å². The molecule has 40 heavy (non-hydrogen) atoms. The molecule has 0 saturated heterocycles. The first-order chi connectivity index (χ1) is 19.5. The van der Waals surface area contributed by atoms with Crippen molar-refractivity contribution in [3.63, 3.8) is 0 Å². The van der Waals surface area contributed by atoms with Crippen LogP contribution in [0.2, 0.25) is 0 Å². The van der Waals surface area contributed by atoms with Crippen LogP contribution >= 0.6 is 0 Å². The number of anilines is 1. The van der Waals surface area contributed by atoms with Crippen LogP contribution in [0.15, 0.2) is 72.9 Å². The number of ether oxygens (including phenoxy) is 2. The fraction of sp³-hybridized carbons (Fsp3) is 0.344. The first kappa shape index (κ1) is 25.9. The largest absolute Gasteiger partial charge is 0.485 e. The van der Waals surface area contributed by atoms with Crippen LogP contribution in [0.5, 0.6) is 11.5 Å². The van der Waals surface area contributed by atoms with E-state index in [1.54, 1.807) is 15.6 Å². The third-order valence-electron chi connectivity index (χ3n) is 7.85. The van der Waals surface area contributed by atoms with Gasteiger partial charge in [0, 0.05) is 30.2 Å². The third kappa shape index (κ3) is 5.01. The smallest absolute Gasteiger partial charge is 0.272 e. The number of nitrogens with zero attached hydrogens (tertiary/aromatic N) is 3. The summed E-state index contributed by atoms with van der Waals surface area (Å²) >= 11 is 0. The van der Waals surface area contributed by atoms with Crippen molar-refractivity contribution in [2.75, 3.05) is 11.5 Å². The van der Waals surface area contributed by atoms with E-state index in [2.05, 4.69) is 10.4 Å². The highest BCUT2D eigenvalue weighted by Crippen LogP contribution is 2.38. The van der Waals surface area contributed by atoms with E-state index in [9.17, 15) is 9.59 Å². The molecule has 0 radical (unpaired) electrons. The van der Waals surface area contributed by atoms with E-state index in [0.29, 0.717) is 28.4 Å². The summed E-state index contributed by atoms with van der Waals surface area (Å²) in [7, 11) is 1.83. The van der Waals surface area contributed by atoms with Gasteiger partial charge in [0.25, 0.3) is 5.91 Å². The topological polar surface area (TPSA) is 85.7 Å². The van der Waals surface area contributed by atoms with E-state index >= 15 is 0 Å². The molecule has 1 aliphatic carbocycles. The molecule has 2 heterocycles. The molecule has 8 heteroatoms. The number of para-hydroxylation sites is 2. The first-order valence-corrected chi connectivity index (χ1v) is 14.0. The van der Waals surface area contributed by atoms with Gasteiger partial charge >= 0.3 is 0 Å². The van der Waals surface area contributed by atoms with Gasteiger partial charge in [0.15, 0.2) is 11.5 Å². The number of carbonyl (C=O) groups is 2. The fourth-order valence-corrected chi connectivity index (χ4v) is 5.91. The molecule has 206 valence electrons. The van der Waals surface area contributed by atoms with Crippen LogP contribution in [0.1, 0.15) is 49.4 Å². The molecule has 1 saturated carbocycles. The van der Waals surface area contributed by atoms with Gasteiger partial charge in [-0.25, -0.2) is 0 Å². The number of fused-ring (bicyclic) bond motifs is 2. The second-order valence-electron chi connectivity index (χ2n) is 10.7. The molecule has 1 fully saturated rings. The molecule has 2 aliphatic rings. The molecule has 0 unspecified atom stereocenters. The Labute approximate surface area is 233 Å². The molecule has 8 nitrogen and oxygen atoms in total. The quantitative estimate of drug-likeness (QED) is 0.363. The highest BCUT2D eigenvalue weighted by Gasteiger charge is 2.41. The van der Waals surface area contributed by atoms with Gasteiger partial charge in [-0.2, -0.15) is 5.10 Å². The maximum absolute atomic E-state index is 14.6. The minimum Gasteiger partial charge on any atom is -0.485 e. The number of aryl methyl sites for hydroxylation is 2. The Morgan fingerprint density at radius 2 is 1.70 bits per heavy atom. The summed E-state index contributed by atoms with van der Waals surface area (Å²) in [5.41, 5.74) is 2.00. The minimum atomic E-state index is -0.949. The Balaban J connectivity index is 1.48. The number of rotatable bonds is 6. The molecule has 1 aromatic heterocycles.